The maximum absolute atomic E-state index is 12.8. The average molecular weight is 302 g/mol. The molecule has 110 valence electrons. The number of hydrogen-bond acceptors (Lipinski definition) is 1. The fourth-order valence-corrected chi connectivity index (χ4v) is 2.22. The van der Waals surface area contributed by atoms with Crippen molar-refractivity contribution in [2.24, 2.45) is 0 Å². The van der Waals surface area contributed by atoms with Crippen molar-refractivity contribution in [1.82, 2.24) is 10.6 Å². The SMILES string of the molecule is Cc1ccccc1CCNC(=S)NCc1ccc(F)cc1. The molecule has 4 heteroatoms. The zero-order chi connectivity index (χ0) is 15.1. The summed E-state index contributed by atoms with van der Waals surface area (Å²) >= 11 is 5.23. The Labute approximate surface area is 130 Å². The monoisotopic (exact) mass is 302 g/mol. The van der Waals surface area contributed by atoms with Gasteiger partial charge in [0, 0.05) is 13.1 Å². The highest BCUT2D eigenvalue weighted by Crippen LogP contribution is 2.06. The molecule has 0 saturated heterocycles. The summed E-state index contributed by atoms with van der Waals surface area (Å²) in [5.74, 6) is -0.224. The molecule has 0 unspecified atom stereocenters. The zero-order valence-electron chi connectivity index (χ0n) is 12.0. The van der Waals surface area contributed by atoms with Crippen LogP contribution in [0.2, 0.25) is 0 Å². The molecule has 2 N–H and O–H groups in total. The topological polar surface area (TPSA) is 24.1 Å². The van der Waals surface area contributed by atoms with Crippen LogP contribution in [0.4, 0.5) is 4.39 Å². The molecule has 2 aromatic carbocycles. The van der Waals surface area contributed by atoms with E-state index in [1.54, 1.807) is 12.1 Å². The Kier molecular flexibility index (Phi) is 5.69. The number of hydrogen-bond donors (Lipinski definition) is 2. The summed E-state index contributed by atoms with van der Waals surface area (Å²) in [4.78, 5) is 0. The maximum atomic E-state index is 12.8. The van der Waals surface area contributed by atoms with E-state index < -0.39 is 0 Å². The standard InChI is InChI=1S/C17H19FN2S/c1-13-4-2-3-5-15(13)10-11-19-17(21)20-12-14-6-8-16(18)9-7-14/h2-9H,10-12H2,1H3,(H2,19,20,21). The van der Waals surface area contributed by atoms with Crippen molar-refractivity contribution in [3.05, 3.63) is 71.0 Å². The van der Waals surface area contributed by atoms with E-state index in [-0.39, 0.29) is 5.82 Å². The van der Waals surface area contributed by atoms with E-state index in [0.717, 1.165) is 18.5 Å². The van der Waals surface area contributed by atoms with Gasteiger partial charge in [-0.25, -0.2) is 4.39 Å². The van der Waals surface area contributed by atoms with Crippen LogP contribution in [-0.4, -0.2) is 11.7 Å². The van der Waals surface area contributed by atoms with Crippen LogP contribution in [0.25, 0.3) is 0 Å². The second-order valence-corrected chi connectivity index (χ2v) is 5.32. The Morgan fingerprint density at radius 1 is 1.05 bits per heavy atom. The highest BCUT2D eigenvalue weighted by Gasteiger charge is 1.99. The number of rotatable bonds is 5. The lowest BCUT2D eigenvalue weighted by Crippen LogP contribution is -2.35. The van der Waals surface area contributed by atoms with Gasteiger partial charge in [0.05, 0.1) is 0 Å². The summed E-state index contributed by atoms with van der Waals surface area (Å²) in [6, 6.07) is 14.7. The summed E-state index contributed by atoms with van der Waals surface area (Å²) in [5, 5.41) is 6.92. The second kappa shape index (κ2) is 7.74. The minimum absolute atomic E-state index is 0.224. The lowest BCUT2D eigenvalue weighted by Gasteiger charge is -2.11. The number of nitrogens with one attached hydrogen (secondary N) is 2. The molecule has 0 aliphatic rings. The second-order valence-electron chi connectivity index (χ2n) is 4.91. The molecule has 0 aliphatic carbocycles. The molecule has 2 nitrogen and oxygen atoms in total. The van der Waals surface area contributed by atoms with Crippen molar-refractivity contribution in [2.45, 2.75) is 19.9 Å². The largest absolute Gasteiger partial charge is 0.362 e. The maximum Gasteiger partial charge on any atom is 0.166 e. The molecule has 0 bridgehead atoms. The van der Waals surface area contributed by atoms with Gasteiger partial charge in [-0.15, -0.1) is 0 Å². The quantitative estimate of drug-likeness (QED) is 0.828. The summed E-state index contributed by atoms with van der Waals surface area (Å²) < 4.78 is 12.8. The van der Waals surface area contributed by atoms with E-state index in [4.69, 9.17) is 12.2 Å². The summed E-state index contributed by atoms with van der Waals surface area (Å²) in [6.07, 6.45) is 0.936. The highest BCUT2D eigenvalue weighted by atomic mass is 32.1. The molecule has 0 aliphatic heterocycles. The van der Waals surface area contributed by atoms with Crippen molar-refractivity contribution in [3.8, 4) is 0 Å². The van der Waals surface area contributed by atoms with Gasteiger partial charge in [0.25, 0.3) is 0 Å². The Morgan fingerprint density at radius 2 is 1.76 bits per heavy atom. The van der Waals surface area contributed by atoms with Gasteiger partial charge in [-0.05, 0) is 54.4 Å². The smallest absolute Gasteiger partial charge is 0.166 e. The van der Waals surface area contributed by atoms with Crippen LogP contribution in [0.3, 0.4) is 0 Å². The Morgan fingerprint density at radius 3 is 2.48 bits per heavy atom. The molecule has 2 rings (SSSR count). The first kappa shape index (κ1) is 15.4. The predicted octanol–water partition coefficient (Wildman–Crippen LogP) is 3.34. The number of aryl methyl sites for hydroxylation is 1. The molecule has 0 saturated carbocycles. The molecule has 0 fully saturated rings. The zero-order valence-corrected chi connectivity index (χ0v) is 12.8. The first-order chi connectivity index (χ1) is 10.1. The van der Waals surface area contributed by atoms with Crippen molar-refractivity contribution in [1.29, 1.82) is 0 Å². The van der Waals surface area contributed by atoms with Crippen LogP contribution >= 0.6 is 12.2 Å². The minimum atomic E-state index is -0.224. The lowest BCUT2D eigenvalue weighted by atomic mass is 10.1. The van der Waals surface area contributed by atoms with Crippen molar-refractivity contribution in [3.63, 3.8) is 0 Å². The van der Waals surface area contributed by atoms with E-state index in [9.17, 15) is 4.39 Å². The van der Waals surface area contributed by atoms with Gasteiger partial charge in [0.2, 0.25) is 0 Å². The minimum Gasteiger partial charge on any atom is -0.362 e. The van der Waals surface area contributed by atoms with Gasteiger partial charge < -0.3 is 10.6 Å². The van der Waals surface area contributed by atoms with Crippen LogP contribution in [0.15, 0.2) is 48.5 Å². The van der Waals surface area contributed by atoms with Crippen LogP contribution in [0.5, 0.6) is 0 Å². The molecular formula is C17H19FN2S. The van der Waals surface area contributed by atoms with E-state index in [2.05, 4.69) is 29.7 Å². The van der Waals surface area contributed by atoms with Gasteiger partial charge >= 0.3 is 0 Å². The van der Waals surface area contributed by atoms with Gasteiger partial charge in [-0.3, -0.25) is 0 Å². The molecule has 0 radical (unpaired) electrons. The van der Waals surface area contributed by atoms with Gasteiger partial charge in [0.15, 0.2) is 5.11 Å². The summed E-state index contributed by atoms with van der Waals surface area (Å²) in [7, 11) is 0. The molecule has 0 atom stereocenters. The first-order valence-electron chi connectivity index (χ1n) is 6.96. The summed E-state index contributed by atoms with van der Waals surface area (Å²) in [6.45, 7) is 3.50. The number of thiocarbonyl (C=S) groups is 1. The third-order valence-corrected chi connectivity index (χ3v) is 3.60. The van der Waals surface area contributed by atoms with Crippen molar-refractivity contribution >= 4 is 17.3 Å². The third-order valence-electron chi connectivity index (χ3n) is 3.31. The summed E-state index contributed by atoms with van der Waals surface area (Å²) in [5.41, 5.74) is 3.62. The highest BCUT2D eigenvalue weighted by molar-refractivity contribution is 7.80. The van der Waals surface area contributed by atoms with Crippen LogP contribution in [-0.2, 0) is 13.0 Å². The molecule has 0 spiro atoms. The number of halogens is 1. The average Bonchev–Trinajstić information content (AvgIpc) is 2.49. The lowest BCUT2D eigenvalue weighted by molar-refractivity contribution is 0.626. The Balaban J connectivity index is 1.70. The van der Waals surface area contributed by atoms with Gasteiger partial charge in [-0.2, -0.15) is 0 Å². The van der Waals surface area contributed by atoms with Gasteiger partial charge in [-0.1, -0.05) is 36.4 Å². The van der Waals surface area contributed by atoms with Crippen molar-refractivity contribution < 1.29 is 4.39 Å². The molecule has 0 aromatic heterocycles. The first-order valence-corrected chi connectivity index (χ1v) is 7.36. The fourth-order valence-electron chi connectivity index (χ4n) is 2.05. The molecule has 0 heterocycles. The van der Waals surface area contributed by atoms with Gasteiger partial charge in [0.1, 0.15) is 5.82 Å². The Hall–Kier alpha value is -1.94. The molecule has 2 aromatic rings. The van der Waals surface area contributed by atoms with E-state index in [1.165, 1.54) is 23.3 Å². The fraction of sp³-hybridized carbons (Fsp3) is 0.235. The van der Waals surface area contributed by atoms with Crippen molar-refractivity contribution in [2.75, 3.05) is 6.54 Å². The van der Waals surface area contributed by atoms with E-state index in [0.29, 0.717) is 11.7 Å². The number of benzene rings is 2. The molecule has 21 heavy (non-hydrogen) atoms. The molecular weight excluding hydrogens is 283 g/mol. The van der Waals surface area contributed by atoms with E-state index in [1.807, 2.05) is 12.1 Å². The third kappa shape index (κ3) is 5.16. The predicted molar refractivity (Wildman–Crippen MR) is 88.7 cm³/mol. The van der Waals surface area contributed by atoms with Crippen LogP contribution in [0.1, 0.15) is 16.7 Å². The van der Waals surface area contributed by atoms with Crippen LogP contribution < -0.4 is 10.6 Å². The van der Waals surface area contributed by atoms with Crippen LogP contribution in [0, 0.1) is 12.7 Å². The Bertz CT molecular complexity index is 596. The molecule has 0 amide bonds. The van der Waals surface area contributed by atoms with E-state index >= 15 is 0 Å². The normalized spacial score (nSPS) is 10.2.